The lowest BCUT2D eigenvalue weighted by Gasteiger charge is -2.13. The van der Waals surface area contributed by atoms with Crippen LogP contribution in [0, 0.1) is 0 Å². The van der Waals surface area contributed by atoms with Gasteiger partial charge < -0.3 is 9.94 Å². The quantitative estimate of drug-likeness (QED) is 0.507. The molecule has 0 aromatic heterocycles. The van der Waals surface area contributed by atoms with E-state index in [1.807, 2.05) is 0 Å². The van der Waals surface area contributed by atoms with Crippen LogP contribution in [0.1, 0.15) is 12.8 Å². The minimum atomic E-state index is -0.595. The van der Waals surface area contributed by atoms with Crippen LogP contribution in [0.15, 0.2) is 0 Å². The van der Waals surface area contributed by atoms with Gasteiger partial charge in [-0.2, -0.15) is 0 Å². The Morgan fingerprint density at radius 1 is 1.38 bits per heavy atom. The second kappa shape index (κ2) is 4.34. The van der Waals surface area contributed by atoms with Crippen molar-refractivity contribution in [3.05, 3.63) is 0 Å². The Morgan fingerprint density at radius 3 is 2.38 bits per heavy atom. The monoisotopic (exact) mass is 131 g/mol. The molecule has 1 rings (SSSR count). The largest absolute Gasteiger partial charge is 0.501 e. The molecule has 1 aliphatic heterocycles. The molecule has 0 bridgehead atoms. The van der Waals surface area contributed by atoms with Gasteiger partial charge in [-0.25, -0.2) is 0 Å². The summed E-state index contributed by atoms with van der Waals surface area (Å²) in [6.07, 6.45) is 2.73. The van der Waals surface area contributed by atoms with E-state index in [4.69, 9.17) is 3.79 Å². The molecule has 0 aromatic rings. The summed E-state index contributed by atoms with van der Waals surface area (Å²) in [6, 6.07) is 0. The average molecular weight is 131 g/mol. The highest BCUT2D eigenvalue weighted by Gasteiger charge is 2.15. The van der Waals surface area contributed by atoms with E-state index in [0.717, 1.165) is 6.61 Å². The van der Waals surface area contributed by atoms with Crippen LogP contribution in [0.5, 0.6) is 0 Å². The molecule has 0 saturated carbocycles. The Labute approximate surface area is 55.5 Å². The van der Waals surface area contributed by atoms with Gasteiger partial charge in [0.1, 0.15) is 0 Å². The minimum absolute atomic E-state index is 0. The van der Waals surface area contributed by atoms with Gasteiger partial charge in [-0.05, 0) is 6.42 Å². The normalized spacial score (nSPS) is 19.9. The van der Waals surface area contributed by atoms with E-state index in [1.165, 1.54) is 18.1 Å². The molecule has 48 valence electrons. The van der Waals surface area contributed by atoms with Gasteiger partial charge in [-0.3, -0.25) is 0 Å². The highest BCUT2D eigenvalue weighted by atomic mass is 27.2. The van der Waals surface area contributed by atoms with Crippen LogP contribution < -0.4 is 6.15 Å². The van der Waals surface area contributed by atoms with Crippen LogP contribution in [0.2, 0.25) is 11.1 Å². The summed E-state index contributed by atoms with van der Waals surface area (Å²) in [7, 11) is 0. The Bertz CT molecular complexity index is 54.4. The molecular formula is C5H14AlNO. The standard InChI is InChI=1S/C4H8O.CH3.Al.H3N/c1-2-3-4-5;;;/h1-4H2;1H3;;1H3/q-1;;+1;. The summed E-state index contributed by atoms with van der Waals surface area (Å²) in [4.78, 5) is 0. The fourth-order valence-corrected chi connectivity index (χ4v) is 2.50. The van der Waals surface area contributed by atoms with Gasteiger partial charge in [-0.15, -0.1) is 0 Å². The van der Waals surface area contributed by atoms with E-state index in [9.17, 15) is 0 Å². The molecule has 0 amide bonds. The van der Waals surface area contributed by atoms with Gasteiger partial charge in [0.25, 0.3) is 0 Å². The van der Waals surface area contributed by atoms with Crippen LogP contribution in [0.4, 0.5) is 0 Å². The van der Waals surface area contributed by atoms with Crippen molar-refractivity contribution in [2.45, 2.75) is 23.9 Å². The van der Waals surface area contributed by atoms with Crippen LogP contribution in [-0.2, 0) is 3.79 Å². The zero-order valence-electron chi connectivity index (χ0n) is 5.52. The van der Waals surface area contributed by atoms with Crippen molar-refractivity contribution in [3.63, 3.8) is 0 Å². The van der Waals surface area contributed by atoms with Gasteiger partial charge in [0.15, 0.2) is 0 Å². The smallest absolute Gasteiger partial charge is 0.457 e. The number of hydrogen-bond donors (Lipinski definition) is 1. The van der Waals surface area contributed by atoms with Crippen LogP contribution in [0.3, 0.4) is 0 Å². The lowest BCUT2D eigenvalue weighted by Crippen LogP contribution is -2.18. The van der Waals surface area contributed by atoms with E-state index in [2.05, 4.69) is 5.79 Å². The van der Waals surface area contributed by atoms with Crippen molar-refractivity contribution in [2.75, 3.05) is 6.61 Å². The maximum atomic E-state index is 5.42. The summed E-state index contributed by atoms with van der Waals surface area (Å²) in [5.41, 5.74) is 0. The number of hydrogen-bond acceptors (Lipinski definition) is 2. The van der Waals surface area contributed by atoms with E-state index in [-0.39, 0.29) is 6.15 Å². The lowest BCUT2D eigenvalue weighted by molar-refractivity contribution is 0.291. The molecular weight excluding hydrogens is 117 g/mol. The molecule has 0 unspecified atom stereocenters. The van der Waals surface area contributed by atoms with E-state index in [0.29, 0.717) is 0 Å². The molecule has 8 heavy (non-hydrogen) atoms. The van der Waals surface area contributed by atoms with Crippen LogP contribution >= 0.6 is 0 Å². The topological polar surface area (TPSA) is 44.2 Å². The molecule has 0 aromatic carbocycles. The van der Waals surface area contributed by atoms with E-state index in [1.54, 1.807) is 0 Å². The Morgan fingerprint density at radius 2 is 2.12 bits per heavy atom. The highest BCUT2D eigenvalue weighted by molar-refractivity contribution is 6.50. The summed E-state index contributed by atoms with van der Waals surface area (Å²) in [5.74, 6) is 2.28. The van der Waals surface area contributed by atoms with Crippen LogP contribution in [0.25, 0.3) is 0 Å². The van der Waals surface area contributed by atoms with Crippen molar-refractivity contribution in [1.29, 1.82) is 0 Å². The first-order chi connectivity index (χ1) is 3.39. The molecule has 3 N–H and O–H groups in total. The summed E-state index contributed by atoms with van der Waals surface area (Å²) >= 11 is -0.595. The van der Waals surface area contributed by atoms with Gasteiger partial charge >= 0.3 is 14.5 Å². The highest BCUT2D eigenvalue weighted by Crippen LogP contribution is 2.09. The second-order valence-corrected chi connectivity index (χ2v) is 4.71. The Hall–Kier alpha value is 0.452. The third kappa shape index (κ3) is 2.69. The van der Waals surface area contributed by atoms with E-state index >= 15 is 0 Å². The molecule has 0 aliphatic carbocycles. The molecule has 1 heterocycles. The van der Waals surface area contributed by atoms with Crippen LogP contribution in [-0.4, -0.2) is 21.1 Å². The molecule has 2 nitrogen and oxygen atoms in total. The molecule has 0 spiro atoms. The third-order valence-electron chi connectivity index (χ3n) is 1.41. The first-order valence-corrected chi connectivity index (χ1v) is 5.45. The number of rotatable bonds is 0. The van der Waals surface area contributed by atoms with Gasteiger partial charge in [0, 0.05) is 6.61 Å². The molecule has 1 aliphatic rings. The van der Waals surface area contributed by atoms with E-state index < -0.39 is 14.5 Å². The van der Waals surface area contributed by atoms with Crippen molar-refractivity contribution in [1.82, 2.24) is 6.15 Å². The van der Waals surface area contributed by atoms with Crippen molar-refractivity contribution >= 4 is 14.5 Å². The van der Waals surface area contributed by atoms with Gasteiger partial charge in [0.2, 0.25) is 0 Å². The molecule has 0 radical (unpaired) electrons. The Kier molecular flexibility index (Phi) is 4.59. The lowest BCUT2D eigenvalue weighted by atomic mass is 10.4. The average Bonchev–Trinajstić information content (AvgIpc) is 1.69. The predicted molar refractivity (Wildman–Crippen MR) is 36.6 cm³/mol. The molecule has 0 atom stereocenters. The SMILES string of the molecule is N.[CH3][Al]1[CH2]CCC[O]1. The third-order valence-corrected chi connectivity index (χ3v) is 3.43. The second-order valence-electron chi connectivity index (χ2n) is 2.18. The predicted octanol–water partition coefficient (Wildman–Crippen LogP) is 1.58. The maximum absolute atomic E-state index is 5.42. The first-order valence-electron chi connectivity index (χ1n) is 3.01. The summed E-state index contributed by atoms with van der Waals surface area (Å²) in [5, 5.41) is 1.40. The maximum Gasteiger partial charge on any atom is 0.457 e. The Balaban J connectivity index is 0.000000490. The van der Waals surface area contributed by atoms with Crippen molar-refractivity contribution in [2.24, 2.45) is 0 Å². The van der Waals surface area contributed by atoms with Gasteiger partial charge in [-0.1, -0.05) is 17.5 Å². The molecule has 1 saturated heterocycles. The molecule has 1 fully saturated rings. The van der Waals surface area contributed by atoms with Crippen molar-refractivity contribution < 1.29 is 3.79 Å². The zero-order valence-corrected chi connectivity index (χ0v) is 6.68. The zero-order chi connectivity index (χ0) is 5.11. The first kappa shape index (κ1) is 8.45. The fraction of sp³-hybridized carbons (Fsp3) is 1.00. The minimum Gasteiger partial charge on any atom is -0.501 e. The fourth-order valence-electron chi connectivity index (χ4n) is 0.902. The molecule has 3 heteroatoms. The summed E-state index contributed by atoms with van der Waals surface area (Å²) in [6.45, 7) is 1.05. The summed E-state index contributed by atoms with van der Waals surface area (Å²) < 4.78 is 5.42. The van der Waals surface area contributed by atoms with Crippen molar-refractivity contribution in [3.8, 4) is 0 Å². The van der Waals surface area contributed by atoms with Gasteiger partial charge in [0.05, 0.1) is 0 Å².